The lowest BCUT2D eigenvalue weighted by atomic mass is 10.0. The summed E-state index contributed by atoms with van der Waals surface area (Å²) in [6, 6.07) is 15.7. The number of piperidine rings is 1. The highest BCUT2D eigenvalue weighted by molar-refractivity contribution is 6.00. The number of para-hydroxylation sites is 3. The molecule has 2 amide bonds. The second kappa shape index (κ2) is 8.30. The van der Waals surface area contributed by atoms with E-state index in [0.29, 0.717) is 19.6 Å². The number of aromatic amines is 1. The molecule has 166 valence electrons. The minimum Gasteiger partial charge on any atom is -0.342 e. The normalized spacial score (nSPS) is 19.8. The van der Waals surface area contributed by atoms with E-state index < -0.39 is 0 Å². The summed E-state index contributed by atoms with van der Waals surface area (Å²) >= 11 is 0. The maximum Gasteiger partial charge on any atom is 0.326 e. The Labute approximate surface area is 186 Å². The van der Waals surface area contributed by atoms with E-state index in [0.717, 1.165) is 41.5 Å². The average molecular weight is 433 g/mol. The van der Waals surface area contributed by atoms with Crippen molar-refractivity contribution in [3.63, 3.8) is 0 Å². The fraction of sp³-hybridized carbons (Fsp3) is 0.400. The van der Waals surface area contributed by atoms with Gasteiger partial charge in [-0.05, 0) is 43.0 Å². The van der Waals surface area contributed by atoms with Crippen LogP contribution in [0.5, 0.6) is 0 Å². The summed E-state index contributed by atoms with van der Waals surface area (Å²) in [7, 11) is 0. The highest BCUT2D eigenvalue weighted by Gasteiger charge is 2.38. The molecule has 2 aromatic carbocycles. The molecule has 0 radical (unpaired) electrons. The molecule has 2 saturated heterocycles. The van der Waals surface area contributed by atoms with Crippen molar-refractivity contribution in [2.24, 2.45) is 5.92 Å². The number of nitrogens with one attached hydrogen (secondary N) is 1. The molecule has 7 nitrogen and oxygen atoms in total. The minimum atomic E-state index is -0.306. The first-order valence-corrected chi connectivity index (χ1v) is 11.4. The number of likely N-dealkylation sites (tertiary alicyclic amines) is 1. The Morgan fingerprint density at radius 3 is 2.53 bits per heavy atom. The first kappa shape index (κ1) is 20.5. The van der Waals surface area contributed by atoms with Crippen molar-refractivity contribution in [2.45, 2.75) is 38.6 Å². The summed E-state index contributed by atoms with van der Waals surface area (Å²) in [5, 5.41) is 0. The van der Waals surface area contributed by atoms with Crippen LogP contribution in [0.1, 0.15) is 37.8 Å². The lowest BCUT2D eigenvalue weighted by Crippen LogP contribution is -2.43. The number of aryl methyl sites for hydroxylation is 1. The van der Waals surface area contributed by atoms with E-state index in [4.69, 9.17) is 0 Å². The van der Waals surface area contributed by atoms with Gasteiger partial charge in [-0.15, -0.1) is 0 Å². The number of benzene rings is 2. The molecule has 1 aromatic heterocycles. The fourth-order valence-corrected chi connectivity index (χ4v) is 5.22. The third-order valence-corrected chi connectivity index (χ3v) is 6.90. The number of hydrogen-bond donors (Lipinski definition) is 1. The molecule has 1 N–H and O–H groups in total. The van der Waals surface area contributed by atoms with Crippen LogP contribution in [0.4, 0.5) is 5.69 Å². The second-order valence-corrected chi connectivity index (χ2v) is 8.76. The number of imidazole rings is 1. The third-order valence-electron chi connectivity index (χ3n) is 6.90. The van der Waals surface area contributed by atoms with Crippen molar-refractivity contribution in [1.29, 1.82) is 0 Å². The first-order valence-electron chi connectivity index (χ1n) is 11.4. The van der Waals surface area contributed by atoms with Crippen molar-refractivity contribution >= 4 is 28.5 Å². The SMILES string of the molecule is CCc1ccccc1N1C[C@@H](C(=O)N2CCC(n3c(=O)[nH]c4ccccc43)CC2)CC1=O. The third kappa shape index (κ3) is 3.51. The summed E-state index contributed by atoms with van der Waals surface area (Å²) < 4.78 is 1.83. The van der Waals surface area contributed by atoms with Crippen LogP contribution in [-0.4, -0.2) is 45.9 Å². The molecule has 3 aromatic rings. The van der Waals surface area contributed by atoms with E-state index in [1.807, 2.05) is 58.0 Å². The Balaban J connectivity index is 1.26. The minimum absolute atomic E-state index is 0.0180. The summed E-state index contributed by atoms with van der Waals surface area (Å²) in [6.07, 6.45) is 2.57. The number of carbonyl (C=O) groups is 2. The van der Waals surface area contributed by atoms with Gasteiger partial charge in [0.15, 0.2) is 0 Å². The van der Waals surface area contributed by atoms with Gasteiger partial charge in [0, 0.05) is 37.8 Å². The topological polar surface area (TPSA) is 78.4 Å². The zero-order chi connectivity index (χ0) is 22.2. The molecule has 0 saturated carbocycles. The van der Waals surface area contributed by atoms with Crippen LogP contribution in [0.25, 0.3) is 11.0 Å². The van der Waals surface area contributed by atoms with E-state index in [2.05, 4.69) is 11.9 Å². The van der Waals surface area contributed by atoms with Crippen molar-refractivity contribution < 1.29 is 9.59 Å². The lowest BCUT2D eigenvalue weighted by molar-refractivity contribution is -0.137. The van der Waals surface area contributed by atoms with Crippen LogP contribution in [0.2, 0.25) is 0 Å². The Morgan fingerprint density at radius 1 is 1.03 bits per heavy atom. The van der Waals surface area contributed by atoms with Gasteiger partial charge >= 0.3 is 5.69 Å². The number of hydrogen-bond acceptors (Lipinski definition) is 3. The van der Waals surface area contributed by atoms with E-state index in [9.17, 15) is 14.4 Å². The van der Waals surface area contributed by atoms with Crippen LogP contribution >= 0.6 is 0 Å². The first-order chi connectivity index (χ1) is 15.6. The zero-order valence-corrected chi connectivity index (χ0v) is 18.3. The van der Waals surface area contributed by atoms with Crippen molar-refractivity contribution in [2.75, 3.05) is 24.5 Å². The van der Waals surface area contributed by atoms with Crippen LogP contribution in [0, 0.1) is 5.92 Å². The predicted molar refractivity (Wildman–Crippen MR) is 124 cm³/mol. The molecule has 0 bridgehead atoms. The van der Waals surface area contributed by atoms with Gasteiger partial charge in [0.1, 0.15) is 0 Å². The van der Waals surface area contributed by atoms with E-state index >= 15 is 0 Å². The molecule has 0 aliphatic carbocycles. The van der Waals surface area contributed by atoms with Crippen LogP contribution < -0.4 is 10.6 Å². The molecule has 5 rings (SSSR count). The summed E-state index contributed by atoms with van der Waals surface area (Å²) in [5.41, 5.74) is 3.70. The van der Waals surface area contributed by atoms with E-state index in [1.54, 1.807) is 4.90 Å². The van der Waals surface area contributed by atoms with Gasteiger partial charge in [0.05, 0.1) is 17.0 Å². The number of carbonyl (C=O) groups excluding carboxylic acids is 2. The van der Waals surface area contributed by atoms with Crippen molar-refractivity contribution in [3.05, 3.63) is 64.6 Å². The zero-order valence-electron chi connectivity index (χ0n) is 18.3. The molecule has 7 heteroatoms. The number of anilines is 1. The quantitative estimate of drug-likeness (QED) is 0.688. The Morgan fingerprint density at radius 2 is 1.75 bits per heavy atom. The fourth-order valence-electron chi connectivity index (χ4n) is 5.22. The van der Waals surface area contributed by atoms with Gasteiger partial charge in [-0.3, -0.25) is 14.2 Å². The molecular formula is C25H28N4O3. The van der Waals surface area contributed by atoms with Crippen LogP contribution in [0.15, 0.2) is 53.3 Å². The molecule has 2 aliphatic heterocycles. The number of rotatable bonds is 4. The largest absolute Gasteiger partial charge is 0.342 e. The molecule has 3 heterocycles. The van der Waals surface area contributed by atoms with Gasteiger partial charge in [0.2, 0.25) is 11.8 Å². The summed E-state index contributed by atoms with van der Waals surface area (Å²) in [5.74, 6) is -0.233. The van der Waals surface area contributed by atoms with Gasteiger partial charge in [0.25, 0.3) is 0 Å². The molecule has 2 aliphatic rings. The highest BCUT2D eigenvalue weighted by atomic mass is 16.2. The molecule has 0 unspecified atom stereocenters. The molecule has 0 spiro atoms. The van der Waals surface area contributed by atoms with Crippen molar-refractivity contribution in [1.82, 2.24) is 14.5 Å². The Hall–Kier alpha value is -3.35. The maximum absolute atomic E-state index is 13.2. The number of aromatic nitrogens is 2. The Bertz CT molecular complexity index is 1220. The number of nitrogens with zero attached hydrogens (tertiary/aromatic N) is 3. The van der Waals surface area contributed by atoms with Gasteiger partial charge < -0.3 is 14.8 Å². The highest BCUT2D eigenvalue weighted by Crippen LogP contribution is 2.31. The second-order valence-electron chi connectivity index (χ2n) is 8.76. The average Bonchev–Trinajstić information content (AvgIpc) is 3.37. The number of amides is 2. The van der Waals surface area contributed by atoms with Crippen LogP contribution in [0.3, 0.4) is 0 Å². The van der Waals surface area contributed by atoms with Crippen molar-refractivity contribution in [3.8, 4) is 0 Å². The van der Waals surface area contributed by atoms with Gasteiger partial charge in [-0.1, -0.05) is 37.3 Å². The standard InChI is InChI=1S/C25H28N4O3/c1-2-17-7-3-5-9-21(17)28-16-18(15-23(28)30)24(31)27-13-11-19(12-14-27)29-22-10-6-4-8-20(22)26-25(29)32/h3-10,18-19H,2,11-16H2,1H3,(H,26,32)/t18-/m0/s1. The summed E-state index contributed by atoms with van der Waals surface area (Å²) in [6.45, 7) is 3.72. The van der Waals surface area contributed by atoms with Crippen LogP contribution in [-0.2, 0) is 16.0 Å². The van der Waals surface area contributed by atoms with E-state index in [1.165, 1.54) is 0 Å². The lowest BCUT2D eigenvalue weighted by Gasteiger charge is -2.34. The number of H-pyrrole nitrogens is 1. The molecule has 32 heavy (non-hydrogen) atoms. The van der Waals surface area contributed by atoms with E-state index in [-0.39, 0.29) is 35.9 Å². The molecular weight excluding hydrogens is 404 g/mol. The van der Waals surface area contributed by atoms with Gasteiger partial charge in [-0.25, -0.2) is 4.79 Å². The molecule has 2 fully saturated rings. The summed E-state index contributed by atoms with van der Waals surface area (Å²) in [4.78, 5) is 45.0. The smallest absolute Gasteiger partial charge is 0.326 e. The monoisotopic (exact) mass is 432 g/mol. The Kier molecular flexibility index (Phi) is 5.33. The predicted octanol–water partition coefficient (Wildman–Crippen LogP) is 3.11. The molecule has 1 atom stereocenters. The maximum atomic E-state index is 13.2. The number of fused-ring (bicyclic) bond motifs is 1. The van der Waals surface area contributed by atoms with Gasteiger partial charge in [-0.2, -0.15) is 0 Å².